The number of esters is 1. The number of carbonyl (C=O) groups excluding carboxylic acids is 3. The van der Waals surface area contributed by atoms with Crippen molar-refractivity contribution in [3.05, 3.63) is 75.9 Å². The first-order valence-corrected chi connectivity index (χ1v) is 10.5. The van der Waals surface area contributed by atoms with Crippen LogP contribution >= 0.6 is 11.3 Å². The van der Waals surface area contributed by atoms with E-state index in [1.165, 1.54) is 19.2 Å². The molecule has 0 fully saturated rings. The van der Waals surface area contributed by atoms with Crippen LogP contribution < -0.4 is 15.4 Å². The van der Waals surface area contributed by atoms with Crippen LogP contribution in [0.2, 0.25) is 0 Å². The molecule has 0 saturated carbocycles. The minimum Gasteiger partial charge on any atom is -0.497 e. The number of anilines is 2. The summed E-state index contributed by atoms with van der Waals surface area (Å²) in [5, 5.41) is 5.57. The van der Waals surface area contributed by atoms with Crippen LogP contribution in [0.4, 0.5) is 15.1 Å². The lowest BCUT2D eigenvalue weighted by molar-refractivity contribution is 0.0527. The second kappa shape index (κ2) is 10.1. The van der Waals surface area contributed by atoms with Gasteiger partial charge in [0.05, 0.1) is 24.2 Å². The van der Waals surface area contributed by atoms with Crippen molar-refractivity contribution in [2.24, 2.45) is 0 Å². The lowest BCUT2D eigenvalue weighted by Gasteiger charge is -2.07. The molecule has 32 heavy (non-hydrogen) atoms. The van der Waals surface area contributed by atoms with Gasteiger partial charge in [0.2, 0.25) is 0 Å². The fourth-order valence-corrected chi connectivity index (χ4v) is 4.02. The molecule has 0 spiro atoms. The molecule has 0 aliphatic heterocycles. The fourth-order valence-electron chi connectivity index (χ4n) is 2.93. The Labute approximate surface area is 188 Å². The van der Waals surface area contributed by atoms with Gasteiger partial charge in [-0.25, -0.2) is 9.18 Å². The highest BCUT2D eigenvalue weighted by Gasteiger charge is 2.27. The minimum absolute atomic E-state index is 0.100. The summed E-state index contributed by atoms with van der Waals surface area (Å²) in [7, 11) is 1.52. The summed E-state index contributed by atoms with van der Waals surface area (Å²) in [6.07, 6.45) is 0. The third-order valence-electron chi connectivity index (χ3n) is 4.49. The van der Waals surface area contributed by atoms with E-state index in [4.69, 9.17) is 9.47 Å². The van der Waals surface area contributed by atoms with Crippen LogP contribution in [0, 0.1) is 12.7 Å². The van der Waals surface area contributed by atoms with E-state index in [-0.39, 0.29) is 27.6 Å². The zero-order valence-electron chi connectivity index (χ0n) is 17.7. The molecule has 2 amide bonds. The van der Waals surface area contributed by atoms with E-state index in [9.17, 15) is 18.8 Å². The quantitative estimate of drug-likeness (QED) is 0.494. The molecule has 166 valence electrons. The van der Waals surface area contributed by atoms with Crippen molar-refractivity contribution >= 4 is 39.8 Å². The van der Waals surface area contributed by atoms with Crippen LogP contribution in [0.1, 0.15) is 42.9 Å². The van der Waals surface area contributed by atoms with E-state index in [0.29, 0.717) is 17.0 Å². The average Bonchev–Trinajstić information content (AvgIpc) is 3.10. The highest BCUT2D eigenvalue weighted by atomic mass is 32.1. The molecular weight excluding hydrogens is 435 g/mol. The maximum Gasteiger partial charge on any atom is 0.341 e. The van der Waals surface area contributed by atoms with Gasteiger partial charge in [-0.2, -0.15) is 0 Å². The van der Waals surface area contributed by atoms with E-state index in [0.717, 1.165) is 23.5 Å². The zero-order chi connectivity index (χ0) is 23.3. The number of ether oxygens (including phenoxy) is 2. The van der Waals surface area contributed by atoms with Gasteiger partial charge in [0.25, 0.3) is 11.8 Å². The van der Waals surface area contributed by atoms with Gasteiger partial charge < -0.3 is 20.1 Å². The Kier molecular flexibility index (Phi) is 7.21. The van der Waals surface area contributed by atoms with Crippen LogP contribution in [0.3, 0.4) is 0 Å². The molecule has 0 saturated heterocycles. The number of amides is 2. The maximum atomic E-state index is 13.2. The van der Waals surface area contributed by atoms with Gasteiger partial charge in [0.1, 0.15) is 16.6 Å². The van der Waals surface area contributed by atoms with Crippen LogP contribution in [-0.2, 0) is 4.74 Å². The van der Waals surface area contributed by atoms with E-state index >= 15 is 0 Å². The van der Waals surface area contributed by atoms with Crippen molar-refractivity contribution in [1.82, 2.24) is 0 Å². The van der Waals surface area contributed by atoms with Crippen molar-refractivity contribution in [1.29, 1.82) is 0 Å². The monoisotopic (exact) mass is 456 g/mol. The van der Waals surface area contributed by atoms with Crippen LogP contribution in [0.5, 0.6) is 5.75 Å². The average molecular weight is 456 g/mol. The predicted molar refractivity (Wildman–Crippen MR) is 120 cm³/mol. The number of thiophene rings is 1. The summed E-state index contributed by atoms with van der Waals surface area (Å²) in [4.78, 5) is 38.3. The van der Waals surface area contributed by atoms with Crippen molar-refractivity contribution in [2.75, 3.05) is 24.4 Å². The Morgan fingerprint density at radius 1 is 1.03 bits per heavy atom. The number of nitrogens with one attached hydrogen (secondary N) is 2. The highest BCUT2D eigenvalue weighted by molar-refractivity contribution is 7.19. The summed E-state index contributed by atoms with van der Waals surface area (Å²) < 4.78 is 23.4. The van der Waals surface area contributed by atoms with Crippen LogP contribution in [-0.4, -0.2) is 31.5 Å². The first-order valence-electron chi connectivity index (χ1n) is 9.66. The van der Waals surface area contributed by atoms with Crippen LogP contribution in [0.25, 0.3) is 0 Å². The van der Waals surface area contributed by atoms with Crippen molar-refractivity contribution < 1.29 is 28.2 Å². The van der Waals surface area contributed by atoms with E-state index in [2.05, 4.69) is 10.6 Å². The number of hydrogen-bond acceptors (Lipinski definition) is 6. The Balaban J connectivity index is 1.93. The third kappa shape index (κ3) is 5.12. The first kappa shape index (κ1) is 23.0. The number of benzene rings is 2. The molecule has 0 radical (unpaired) electrons. The Morgan fingerprint density at radius 3 is 2.41 bits per heavy atom. The molecule has 3 rings (SSSR count). The van der Waals surface area contributed by atoms with Crippen molar-refractivity contribution in [3.8, 4) is 5.75 Å². The van der Waals surface area contributed by atoms with Gasteiger partial charge >= 0.3 is 5.97 Å². The molecule has 0 aliphatic carbocycles. The number of hydrogen-bond donors (Lipinski definition) is 2. The number of halogens is 1. The Bertz CT molecular complexity index is 1160. The van der Waals surface area contributed by atoms with Gasteiger partial charge in [-0.15, -0.1) is 11.3 Å². The molecule has 1 heterocycles. The Morgan fingerprint density at radius 2 is 1.75 bits per heavy atom. The highest BCUT2D eigenvalue weighted by Crippen LogP contribution is 2.35. The van der Waals surface area contributed by atoms with Crippen molar-refractivity contribution in [2.45, 2.75) is 13.8 Å². The number of methoxy groups -OCH3 is 1. The van der Waals surface area contributed by atoms with E-state index in [1.807, 2.05) is 0 Å². The summed E-state index contributed by atoms with van der Waals surface area (Å²) in [5.41, 5.74) is 1.19. The lowest BCUT2D eigenvalue weighted by atomic mass is 10.1. The summed E-state index contributed by atoms with van der Waals surface area (Å²) in [6, 6.07) is 11.8. The van der Waals surface area contributed by atoms with Gasteiger partial charge in [0, 0.05) is 17.3 Å². The smallest absolute Gasteiger partial charge is 0.341 e. The molecule has 3 aromatic rings. The lowest BCUT2D eigenvalue weighted by Crippen LogP contribution is -2.15. The normalized spacial score (nSPS) is 10.4. The van der Waals surface area contributed by atoms with Crippen molar-refractivity contribution in [3.63, 3.8) is 0 Å². The zero-order valence-corrected chi connectivity index (χ0v) is 18.5. The Hall–Kier alpha value is -3.72. The van der Waals surface area contributed by atoms with Gasteiger partial charge in [-0.05, 0) is 55.8 Å². The molecule has 9 heteroatoms. The molecule has 2 N–H and O–H groups in total. The topological polar surface area (TPSA) is 93.7 Å². The molecular formula is C23H21FN2O5S. The predicted octanol–water partition coefficient (Wildman–Crippen LogP) is 4.89. The SMILES string of the molecule is CCOC(=O)c1c(NC(=O)c2ccc(F)cc2)sc(C(=O)Nc2cccc(OC)c2)c1C. The minimum atomic E-state index is -0.656. The number of carbonyl (C=O) groups is 3. The molecule has 0 bridgehead atoms. The molecule has 2 aromatic carbocycles. The number of rotatable bonds is 7. The second-order valence-electron chi connectivity index (χ2n) is 6.63. The standard InChI is InChI=1S/C23H21FN2O5S/c1-4-31-23(29)18-13(2)19(21(28)25-16-6-5-7-17(12-16)30-3)32-22(18)26-20(27)14-8-10-15(24)11-9-14/h5-12H,4H2,1-3H3,(H,25,28)(H,26,27). The third-order valence-corrected chi connectivity index (χ3v) is 5.70. The fraction of sp³-hybridized carbons (Fsp3) is 0.174. The van der Waals surface area contributed by atoms with E-state index < -0.39 is 23.6 Å². The largest absolute Gasteiger partial charge is 0.497 e. The molecule has 0 unspecified atom stereocenters. The summed E-state index contributed by atoms with van der Waals surface area (Å²) in [6.45, 7) is 3.40. The second-order valence-corrected chi connectivity index (χ2v) is 7.65. The van der Waals surface area contributed by atoms with E-state index in [1.54, 1.807) is 38.1 Å². The molecule has 7 nitrogen and oxygen atoms in total. The maximum absolute atomic E-state index is 13.2. The van der Waals surface area contributed by atoms with Gasteiger partial charge in [-0.1, -0.05) is 6.07 Å². The van der Waals surface area contributed by atoms with Gasteiger partial charge in [-0.3, -0.25) is 9.59 Å². The molecule has 1 aromatic heterocycles. The molecule has 0 atom stereocenters. The van der Waals surface area contributed by atoms with Crippen LogP contribution in [0.15, 0.2) is 48.5 Å². The van der Waals surface area contributed by atoms with Gasteiger partial charge in [0.15, 0.2) is 0 Å². The summed E-state index contributed by atoms with van der Waals surface area (Å²) >= 11 is 0.954. The first-order chi connectivity index (χ1) is 15.3. The molecule has 0 aliphatic rings. The summed E-state index contributed by atoms with van der Waals surface area (Å²) in [5.74, 6) is -1.55.